The number of carbonyl (C=O) groups is 1. The highest BCUT2D eigenvalue weighted by Crippen LogP contribution is 2.41. The van der Waals surface area contributed by atoms with Gasteiger partial charge in [-0.05, 0) is 73.6 Å². The summed E-state index contributed by atoms with van der Waals surface area (Å²) in [5, 5.41) is 15.0. The number of aromatic nitrogens is 4. The van der Waals surface area contributed by atoms with Gasteiger partial charge in [-0.15, -0.1) is 10.2 Å². The van der Waals surface area contributed by atoms with E-state index < -0.39 is 17.6 Å². The quantitative estimate of drug-likeness (QED) is 0.351. The van der Waals surface area contributed by atoms with Crippen molar-refractivity contribution >= 4 is 17.5 Å². The summed E-state index contributed by atoms with van der Waals surface area (Å²) in [4.78, 5) is 19.8. The van der Waals surface area contributed by atoms with Gasteiger partial charge >= 0.3 is 6.18 Å². The minimum atomic E-state index is -4.60. The van der Waals surface area contributed by atoms with E-state index in [1.165, 1.54) is 17.4 Å². The molecule has 0 bridgehead atoms. The van der Waals surface area contributed by atoms with Crippen molar-refractivity contribution in [2.75, 3.05) is 30.0 Å². The normalized spacial score (nSPS) is 18.9. The molecule has 1 saturated heterocycles. The van der Waals surface area contributed by atoms with Crippen LogP contribution in [0.5, 0.6) is 0 Å². The lowest BCUT2D eigenvalue weighted by Crippen LogP contribution is -2.36. The number of fused-ring (bicyclic) bond motifs is 1. The van der Waals surface area contributed by atoms with Crippen LogP contribution in [0.1, 0.15) is 77.5 Å². The van der Waals surface area contributed by atoms with E-state index in [4.69, 9.17) is 4.74 Å². The SMILES string of the molecule is CCNc1cc([C@H](c2nncn2C)C2COC2)cc(N2Cc3c(cc(CN[C@@H](C)C4CCC4)cc3C(F)(F)F)C2=O)n1. The molecular formula is C30H36F3N7O2. The second-order valence-electron chi connectivity index (χ2n) is 11.7. The zero-order valence-electron chi connectivity index (χ0n) is 24.0. The van der Waals surface area contributed by atoms with Gasteiger partial charge in [-0.25, -0.2) is 4.98 Å². The Morgan fingerprint density at radius 2 is 1.93 bits per heavy atom. The van der Waals surface area contributed by atoms with Gasteiger partial charge in [0.05, 0.1) is 31.2 Å². The van der Waals surface area contributed by atoms with E-state index >= 15 is 0 Å². The summed E-state index contributed by atoms with van der Waals surface area (Å²) < 4.78 is 50.3. The second-order valence-corrected chi connectivity index (χ2v) is 11.7. The summed E-state index contributed by atoms with van der Waals surface area (Å²) >= 11 is 0. The molecule has 2 aromatic heterocycles. The van der Waals surface area contributed by atoms with Crippen LogP contribution in [-0.4, -0.2) is 51.5 Å². The van der Waals surface area contributed by atoms with Crippen molar-refractivity contribution in [3.63, 3.8) is 0 Å². The van der Waals surface area contributed by atoms with Crippen LogP contribution in [0, 0.1) is 11.8 Å². The van der Waals surface area contributed by atoms with Crippen LogP contribution in [0.3, 0.4) is 0 Å². The number of hydrogen-bond donors (Lipinski definition) is 2. The molecule has 0 unspecified atom stereocenters. The molecule has 224 valence electrons. The lowest BCUT2D eigenvalue weighted by Gasteiger charge is -2.34. The Kier molecular flexibility index (Phi) is 7.69. The molecule has 3 aliphatic rings. The van der Waals surface area contributed by atoms with Crippen molar-refractivity contribution in [1.29, 1.82) is 0 Å². The van der Waals surface area contributed by atoms with E-state index in [1.54, 1.807) is 18.5 Å². The first kappa shape index (κ1) is 28.6. The van der Waals surface area contributed by atoms with Crippen LogP contribution in [-0.2, 0) is 31.1 Å². The number of nitrogens with zero attached hydrogens (tertiary/aromatic N) is 5. The number of anilines is 2. The molecule has 3 aromatic rings. The molecule has 0 radical (unpaired) electrons. The van der Waals surface area contributed by atoms with Crippen LogP contribution in [0.25, 0.3) is 0 Å². The van der Waals surface area contributed by atoms with Crippen LogP contribution in [0.2, 0.25) is 0 Å². The fourth-order valence-electron chi connectivity index (χ4n) is 6.17. The van der Waals surface area contributed by atoms with Crippen LogP contribution >= 0.6 is 0 Å². The summed E-state index contributed by atoms with van der Waals surface area (Å²) in [6.45, 7) is 5.73. The third-order valence-corrected chi connectivity index (χ3v) is 8.88. The predicted molar refractivity (Wildman–Crippen MR) is 151 cm³/mol. The Balaban J connectivity index is 1.36. The van der Waals surface area contributed by atoms with Gasteiger partial charge < -0.3 is 19.9 Å². The molecule has 6 rings (SSSR count). The zero-order valence-corrected chi connectivity index (χ0v) is 24.0. The largest absolute Gasteiger partial charge is 0.416 e. The Bertz CT molecular complexity index is 1470. The molecule has 12 heteroatoms. The molecule has 2 atom stereocenters. The molecule has 1 aliphatic carbocycles. The van der Waals surface area contributed by atoms with Gasteiger partial charge in [0.1, 0.15) is 23.8 Å². The van der Waals surface area contributed by atoms with Crippen molar-refractivity contribution in [2.45, 2.75) is 64.3 Å². The number of hydrogen-bond acceptors (Lipinski definition) is 7. The van der Waals surface area contributed by atoms with E-state index in [0.29, 0.717) is 42.9 Å². The zero-order chi connectivity index (χ0) is 29.6. The monoisotopic (exact) mass is 583 g/mol. The van der Waals surface area contributed by atoms with Crippen LogP contribution in [0.4, 0.5) is 24.8 Å². The minimum Gasteiger partial charge on any atom is -0.381 e. The fraction of sp³-hybridized carbons (Fsp3) is 0.533. The molecule has 9 nitrogen and oxygen atoms in total. The Morgan fingerprint density at radius 3 is 2.52 bits per heavy atom. The Labute approximate surface area is 242 Å². The maximum absolute atomic E-state index is 14.3. The summed E-state index contributed by atoms with van der Waals surface area (Å²) in [6, 6.07) is 6.69. The van der Waals surface area contributed by atoms with Gasteiger partial charge in [0.15, 0.2) is 0 Å². The number of ether oxygens (including phenoxy) is 1. The van der Waals surface area contributed by atoms with Crippen molar-refractivity contribution < 1.29 is 22.7 Å². The van der Waals surface area contributed by atoms with Gasteiger partial charge in [0.2, 0.25) is 0 Å². The van der Waals surface area contributed by atoms with E-state index in [0.717, 1.165) is 24.2 Å². The third kappa shape index (κ3) is 5.37. The molecule has 2 aliphatic heterocycles. The molecule has 1 aromatic carbocycles. The maximum atomic E-state index is 14.3. The molecular weight excluding hydrogens is 547 g/mol. The lowest BCUT2D eigenvalue weighted by atomic mass is 9.80. The highest BCUT2D eigenvalue weighted by molar-refractivity contribution is 6.10. The summed E-state index contributed by atoms with van der Waals surface area (Å²) in [5.41, 5.74) is 0.584. The molecule has 1 amide bonds. The highest BCUT2D eigenvalue weighted by atomic mass is 19.4. The number of benzene rings is 1. The molecule has 2 fully saturated rings. The average Bonchev–Trinajstić information content (AvgIpc) is 3.45. The molecule has 1 saturated carbocycles. The van der Waals surface area contributed by atoms with E-state index in [9.17, 15) is 18.0 Å². The Morgan fingerprint density at radius 1 is 1.14 bits per heavy atom. The Hall–Kier alpha value is -3.51. The number of nitrogens with one attached hydrogen (secondary N) is 2. The number of halogens is 3. The van der Waals surface area contributed by atoms with E-state index in [1.807, 2.05) is 24.6 Å². The molecule has 4 heterocycles. The topological polar surface area (TPSA) is 97.2 Å². The first-order chi connectivity index (χ1) is 20.1. The van der Waals surface area contributed by atoms with Gasteiger partial charge in [-0.3, -0.25) is 9.69 Å². The van der Waals surface area contributed by atoms with Gasteiger partial charge in [0.25, 0.3) is 5.91 Å². The van der Waals surface area contributed by atoms with Crippen molar-refractivity contribution in [3.8, 4) is 0 Å². The number of alkyl halides is 3. The number of aryl methyl sites for hydroxylation is 1. The van der Waals surface area contributed by atoms with Crippen LogP contribution in [0.15, 0.2) is 30.6 Å². The molecule has 2 N–H and O–H groups in total. The first-order valence-corrected chi connectivity index (χ1v) is 14.6. The summed E-state index contributed by atoms with van der Waals surface area (Å²) in [5.74, 6) is 1.57. The molecule has 0 spiro atoms. The smallest absolute Gasteiger partial charge is 0.381 e. The third-order valence-electron chi connectivity index (χ3n) is 8.88. The second kappa shape index (κ2) is 11.3. The number of carbonyl (C=O) groups excluding carboxylic acids is 1. The van der Waals surface area contributed by atoms with Gasteiger partial charge in [0, 0.05) is 37.7 Å². The highest BCUT2D eigenvalue weighted by Gasteiger charge is 2.42. The number of amides is 1. The number of pyridine rings is 1. The van der Waals surface area contributed by atoms with E-state index in [2.05, 4.69) is 32.7 Å². The number of rotatable bonds is 10. The minimum absolute atomic E-state index is 0.0160. The predicted octanol–water partition coefficient (Wildman–Crippen LogP) is 4.88. The van der Waals surface area contributed by atoms with E-state index in [-0.39, 0.29) is 42.1 Å². The standard InChI is InChI=1S/C30H36F3N7O2/c1-4-34-25-10-20(27(21-14-42-15-21)28-38-36-16-39(28)3)11-26(37-25)40-13-23-22(29(40)41)8-18(9-24(23)30(31,32)33)12-35-17(2)19-6-5-7-19/h8-11,16-17,19,21,27,35H,4-7,12-15H2,1-3H3,(H,34,37)/t17-,27-/m0/s1. The van der Waals surface area contributed by atoms with Crippen molar-refractivity contribution in [3.05, 3.63) is 64.2 Å². The van der Waals surface area contributed by atoms with Crippen molar-refractivity contribution in [2.24, 2.45) is 18.9 Å². The van der Waals surface area contributed by atoms with Crippen molar-refractivity contribution in [1.82, 2.24) is 25.1 Å². The van der Waals surface area contributed by atoms with Crippen LogP contribution < -0.4 is 15.5 Å². The van der Waals surface area contributed by atoms with Gasteiger partial charge in [-0.2, -0.15) is 13.2 Å². The molecule has 42 heavy (non-hydrogen) atoms. The van der Waals surface area contributed by atoms with Gasteiger partial charge in [-0.1, -0.05) is 6.42 Å². The average molecular weight is 584 g/mol. The fourth-order valence-corrected chi connectivity index (χ4v) is 6.17. The lowest BCUT2D eigenvalue weighted by molar-refractivity contribution is -0.138. The first-order valence-electron chi connectivity index (χ1n) is 14.6. The summed E-state index contributed by atoms with van der Waals surface area (Å²) in [7, 11) is 1.87. The maximum Gasteiger partial charge on any atom is 0.416 e. The summed E-state index contributed by atoms with van der Waals surface area (Å²) in [6.07, 6.45) is 0.489.